The van der Waals surface area contributed by atoms with Crippen LogP contribution in [0, 0.1) is 0 Å². The molecule has 0 aromatic carbocycles. The van der Waals surface area contributed by atoms with Crippen LogP contribution >= 0.6 is 0 Å². The normalized spacial score (nSPS) is 11.1. The summed E-state index contributed by atoms with van der Waals surface area (Å²) in [5.41, 5.74) is 0. The maximum atomic E-state index is 8.31. The highest BCUT2D eigenvalue weighted by Crippen LogP contribution is 1.77. The van der Waals surface area contributed by atoms with Gasteiger partial charge in [-0.2, -0.15) is 0 Å². The SMILES string of the molecule is C[Si](O)O[Si](O)O. The summed E-state index contributed by atoms with van der Waals surface area (Å²) < 4.78 is 4.12. The Labute approximate surface area is 44.8 Å². The fourth-order valence-electron chi connectivity index (χ4n) is 0.132. The minimum atomic E-state index is -2.64. The molecule has 0 aliphatic heterocycles. The third-order valence-electron chi connectivity index (χ3n) is 0.239. The van der Waals surface area contributed by atoms with Crippen LogP contribution in [0.25, 0.3) is 0 Å². The fraction of sp³-hybridized carbons (Fsp3) is 1.00. The monoisotopic (exact) mass is 138 g/mol. The quantitative estimate of drug-likeness (QED) is 0.389. The van der Waals surface area contributed by atoms with Gasteiger partial charge in [-0.15, -0.1) is 0 Å². The first-order valence-electron chi connectivity index (χ1n) is 1.58. The summed E-state index contributed by atoms with van der Waals surface area (Å²) in [5, 5.41) is 0. The molecule has 0 unspecified atom stereocenters. The van der Waals surface area contributed by atoms with Crippen molar-refractivity contribution in [1.82, 2.24) is 0 Å². The highest BCUT2D eigenvalue weighted by Gasteiger charge is 2.11. The van der Waals surface area contributed by atoms with Crippen LogP contribution in [0.5, 0.6) is 0 Å². The predicted molar refractivity (Wildman–Crippen MR) is 25.1 cm³/mol. The molecule has 4 nitrogen and oxygen atoms in total. The van der Waals surface area contributed by atoms with Gasteiger partial charge in [-0.05, 0) is 6.55 Å². The molecule has 0 bridgehead atoms. The third kappa shape index (κ3) is 6.27. The van der Waals surface area contributed by atoms with Crippen LogP contribution in [0.3, 0.4) is 0 Å². The van der Waals surface area contributed by atoms with Gasteiger partial charge in [0.05, 0.1) is 0 Å². The molecule has 2 radical (unpaired) electrons. The maximum absolute atomic E-state index is 8.31. The van der Waals surface area contributed by atoms with Crippen LogP contribution in [-0.2, 0) is 4.12 Å². The summed E-state index contributed by atoms with van der Waals surface area (Å²) in [6.07, 6.45) is 0. The first-order valence-corrected chi connectivity index (χ1v) is 4.74. The molecule has 0 heterocycles. The van der Waals surface area contributed by atoms with Crippen molar-refractivity contribution in [2.24, 2.45) is 0 Å². The second-order valence-corrected chi connectivity index (χ2v) is 3.32. The van der Waals surface area contributed by atoms with Crippen molar-refractivity contribution >= 4 is 18.8 Å². The summed E-state index contributed by atoms with van der Waals surface area (Å²) in [6.45, 7) is 1.40. The Hall–Kier alpha value is 0.274. The number of rotatable bonds is 2. The first-order chi connectivity index (χ1) is 3.13. The molecule has 0 saturated heterocycles. The lowest BCUT2D eigenvalue weighted by atomic mass is 11.9. The summed E-state index contributed by atoms with van der Waals surface area (Å²) in [6, 6.07) is 0. The molecular weight excluding hydrogens is 132 g/mol. The third-order valence-corrected chi connectivity index (χ3v) is 2.15. The molecule has 0 saturated carbocycles. The van der Waals surface area contributed by atoms with Gasteiger partial charge in [-0.3, -0.25) is 0 Å². The van der Waals surface area contributed by atoms with Crippen molar-refractivity contribution in [1.29, 1.82) is 0 Å². The minimum absolute atomic E-state index is 1.40. The van der Waals surface area contributed by atoms with Crippen molar-refractivity contribution < 1.29 is 18.5 Å². The van der Waals surface area contributed by atoms with E-state index in [0.29, 0.717) is 0 Å². The van der Waals surface area contributed by atoms with E-state index in [1.165, 1.54) is 6.55 Å². The van der Waals surface area contributed by atoms with Crippen LogP contribution in [0.1, 0.15) is 0 Å². The first kappa shape index (κ1) is 7.27. The lowest BCUT2D eigenvalue weighted by Gasteiger charge is -1.98. The van der Waals surface area contributed by atoms with Crippen molar-refractivity contribution in [3.05, 3.63) is 0 Å². The molecule has 42 valence electrons. The van der Waals surface area contributed by atoms with E-state index in [4.69, 9.17) is 14.4 Å². The molecule has 0 aromatic rings. The summed E-state index contributed by atoms with van der Waals surface area (Å²) >= 11 is 0. The van der Waals surface area contributed by atoms with Gasteiger partial charge in [-0.25, -0.2) is 0 Å². The Bertz CT molecular complexity index is 39.0. The largest absolute Gasteiger partial charge is 0.562 e. The molecule has 0 aliphatic rings. The van der Waals surface area contributed by atoms with Gasteiger partial charge in [0.25, 0.3) is 0 Å². The molecule has 0 amide bonds. The van der Waals surface area contributed by atoms with Crippen LogP contribution < -0.4 is 0 Å². The van der Waals surface area contributed by atoms with E-state index in [2.05, 4.69) is 4.12 Å². The zero-order valence-corrected chi connectivity index (χ0v) is 5.75. The van der Waals surface area contributed by atoms with Gasteiger partial charge in [0.1, 0.15) is 0 Å². The van der Waals surface area contributed by atoms with Gasteiger partial charge < -0.3 is 18.5 Å². The average molecular weight is 138 g/mol. The second-order valence-electron chi connectivity index (χ2n) is 0.904. The van der Waals surface area contributed by atoms with E-state index in [0.717, 1.165) is 0 Å². The zero-order valence-electron chi connectivity index (χ0n) is 3.75. The molecule has 0 spiro atoms. The summed E-state index contributed by atoms with van der Waals surface area (Å²) in [7, 11) is -4.53. The molecule has 0 aromatic heterocycles. The molecule has 0 fully saturated rings. The Morgan fingerprint density at radius 1 is 1.29 bits per heavy atom. The molecule has 0 aliphatic carbocycles. The van der Waals surface area contributed by atoms with Crippen molar-refractivity contribution in [2.45, 2.75) is 6.55 Å². The molecule has 0 rings (SSSR count). The van der Waals surface area contributed by atoms with Crippen molar-refractivity contribution in [3.63, 3.8) is 0 Å². The molecular formula is CH6O4Si2. The van der Waals surface area contributed by atoms with Crippen molar-refractivity contribution in [3.8, 4) is 0 Å². The fourth-order valence-corrected chi connectivity index (χ4v) is 1.19. The Balaban J connectivity index is 2.95. The van der Waals surface area contributed by atoms with Gasteiger partial charge in [0, 0.05) is 0 Å². The summed E-state index contributed by atoms with van der Waals surface area (Å²) in [4.78, 5) is 24.4. The molecule has 6 heteroatoms. The van der Waals surface area contributed by atoms with E-state index >= 15 is 0 Å². The topological polar surface area (TPSA) is 69.9 Å². The van der Waals surface area contributed by atoms with E-state index < -0.39 is 18.8 Å². The smallest absolute Gasteiger partial charge is 0.410 e. The lowest BCUT2D eigenvalue weighted by molar-refractivity contribution is 0.265. The van der Waals surface area contributed by atoms with Crippen molar-refractivity contribution in [2.75, 3.05) is 0 Å². The minimum Gasteiger partial charge on any atom is -0.410 e. The predicted octanol–water partition coefficient (Wildman–Crippen LogP) is -1.92. The lowest BCUT2D eigenvalue weighted by Crippen LogP contribution is -2.26. The molecule has 3 N–H and O–H groups in total. The second kappa shape index (κ2) is 3.30. The van der Waals surface area contributed by atoms with Gasteiger partial charge in [0.2, 0.25) is 0 Å². The Kier molecular flexibility index (Phi) is 3.43. The number of hydrogen-bond acceptors (Lipinski definition) is 4. The van der Waals surface area contributed by atoms with E-state index in [1.54, 1.807) is 0 Å². The van der Waals surface area contributed by atoms with Crippen LogP contribution in [0.15, 0.2) is 0 Å². The van der Waals surface area contributed by atoms with Gasteiger partial charge >= 0.3 is 18.8 Å². The highest BCUT2D eigenvalue weighted by atomic mass is 28.4. The average Bonchev–Trinajstić information content (AvgIpc) is 1.27. The number of hydrogen-bond donors (Lipinski definition) is 3. The highest BCUT2D eigenvalue weighted by molar-refractivity contribution is 6.52. The Morgan fingerprint density at radius 3 is 1.71 bits per heavy atom. The molecule has 0 atom stereocenters. The standard InChI is InChI=1S/CH6O4Si2/c1-6(2)5-7(3)4/h2-4H,1H3. The van der Waals surface area contributed by atoms with Gasteiger partial charge in [0.15, 0.2) is 0 Å². The molecule has 7 heavy (non-hydrogen) atoms. The zero-order chi connectivity index (χ0) is 5.86. The Morgan fingerprint density at radius 2 is 1.71 bits per heavy atom. The van der Waals surface area contributed by atoms with E-state index in [9.17, 15) is 0 Å². The van der Waals surface area contributed by atoms with E-state index in [-0.39, 0.29) is 0 Å². The summed E-state index contributed by atoms with van der Waals surface area (Å²) in [5.74, 6) is 0. The van der Waals surface area contributed by atoms with Crippen LogP contribution in [-0.4, -0.2) is 33.2 Å². The van der Waals surface area contributed by atoms with E-state index in [1.807, 2.05) is 0 Å². The van der Waals surface area contributed by atoms with Gasteiger partial charge in [-0.1, -0.05) is 0 Å². The maximum Gasteiger partial charge on any atom is 0.562 e. The van der Waals surface area contributed by atoms with Crippen LogP contribution in [0.4, 0.5) is 0 Å². The van der Waals surface area contributed by atoms with Crippen LogP contribution in [0.2, 0.25) is 6.55 Å².